The third kappa shape index (κ3) is 4.38. The van der Waals surface area contributed by atoms with Gasteiger partial charge in [-0.05, 0) is 92.9 Å². The van der Waals surface area contributed by atoms with Gasteiger partial charge in [-0.25, -0.2) is 0 Å². The number of aliphatic hydroxyl groups excluding tert-OH is 1. The van der Waals surface area contributed by atoms with Crippen molar-refractivity contribution in [2.75, 3.05) is 0 Å². The van der Waals surface area contributed by atoms with Gasteiger partial charge in [0.2, 0.25) is 0 Å². The predicted molar refractivity (Wildman–Crippen MR) is 175 cm³/mol. The van der Waals surface area contributed by atoms with Gasteiger partial charge >= 0.3 is 0 Å². The quantitative estimate of drug-likeness (QED) is 0.141. The second-order valence-corrected chi connectivity index (χ2v) is 15.6. The fourth-order valence-electron chi connectivity index (χ4n) is 8.82. The Balaban J connectivity index is 1.46. The largest absolute Gasteiger partial charge is 0.506 e. The topological polar surface area (TPSA) is 141 Å². The number of fused-ring (bicyclic) bond motifs is 2. The van der Waals surface area contributed by atoms with Gasteiger partial charge in [0.1, 0.15) is 46.4 Å². The maximum Gasteiger partial charge on any atom is 0.298 e. The molecule has 10 heteroatoms. The van der Waals surface area contributed by atoms with Crippen molar-refractivity contribution in [1.29, 1.82) is 0 Å². The summed E-state index contributed by atoms with van der Waals surface area (Å²) in [6.45, 7) is 15.4. The number of benzene rings is 1. The average molecular weight is 661 g/mol. The van der Waals surface area contributed by atoms with E-state index in [1.165, 1.54) is 5.57 Å². The molecule has 0 aromatic heterocycles. The maximum absolute atomic E-state index is 14.8. The molecule has 1 aromatic carbocycles. The van der Waals surface area contributed by atoms with Gasteiger partial charge in [0.15, 0.2) is 22.8 Å². The molecule has 7 aliphatic rings. The second kappa shape index (κ2) is 10.4. The highest BCUT2D eigenvalue weighted by atomic mass is 16.6. The summed E-state index contributed by atoms with van der Waals surface area (Å²) in [6.07, 6.45) is 8.76. The molecule has 0 radical (unpaired) electrons. The lowest BCUT2D eigenvalue weighted by Crippen LogP contribution is -2.72. The van der Waals surface area contributed by atoms with Crippen LogP contribution in [0, 0.1) is 11.8 Å². The number of carbonyl (C=O) groups is 3. The molecule has 1 aromatic rings. The molecule has 4 heterocycles. The van der Waals surface area contributed by atoms with Gasteiger partial charge in [0, 0.05) is 23.8 Å². The molecule has 2 N–H and O–H groups in total. The van der Waals surface area contributed by atoms with E-state index in [0.717, 1.165) is 6.42 Å². The summed E-state index contributed by atoms with van der Waals surface area (Å²) in [6, 6.07) is 0. The van der Waals surface area contributed by atoms with Gasteiger partial charge in [0.05, 0.1) is 22.3 Å². The molecule has 3 fully saturated rings. The summed E-state index contributed by atoms with van der Waals surface area (Å²) in [5.74, 6) is -1.67. The van der Waals surface area contributed by atoms with E-state index in [1.54, 1.807) is 25.2 Å². The first-order valence-electron chi connectivity index (χ1n) is 16.7. The Labute approximate surface area is 280 Å². The zero-order valence-corrected chi connectivity index (χ0v) is 28.8. The van der Waals surface area contributed by atoms with Crippen LogP contribution in [0.15, 0.2) is 41.2 Å². The summed E-state index contributed by atoms with van der Waals surface area (Å²) in [5, 5.41) is 23.9. The number of phenols is 1. The number of allylic oxidation sites excluding steroid dienone is 4. The second-order valence-electron chi connectivity index (χ2n) is 15.6. The number of aliphatic hydroxyl groups is 1. The van der Waals surface area contributed by atoms with Crippen molar-refractivity contribution in [3.05, 3.63) is 57.9 Å². The van der Waals surface area contributed by atoms with E-state index in [2.05, 4.69) is 6.08 Å². The lowest BCUT2D eigenvalue weighted by atomic mass is 9.51. The van der Waals surface area contributed by atoms with Gasteiger partial charge in [0.25, 0.3) is 6.47 Å². The first kappa shape index (κ1) is 32.8. The first-order chi connectivity index (χ1) is 22.4. The van der Waals surface area contributed by atoms with E-state index < -0.39 is 57.8 Å². The standard InChI is InChI=1S/C38H44O10/c1-19(2)10-9-13-36(8)14-12-22-27(40)25-28(41)23-16-21-17-24-34(4,5)48-37(32(21)43,15-11-20(3)44-18-39)38(23,24)46-31(25)26(30(22)45-36)29(42)33-35(6,7)47-33/h10-12,14,16,18,21,24,29,33,40,42H,9,13,15,17H2,1-8H3/b20-11-/t21-,24?,29?,33?,36+,37?,38-/m1/s1. The Morgan fingerprint density at radius 3 is 2.42 bits per heavy atom. The van der Waals surface area contributed by atoms with Gasteiger partial charge in [-0.3, -0.25) is 14.4 Å². The molecule has 8 rings (SSSR count). The van der Waals surface area contributed by atoms with Crippen LogP contribution < -0.4 is 9.47 Å². The third-order valence-corrected chi connectivity index (χ3v) is 11.2. The van der Waals surface area contributed by atoms with Crippen molar-refractivity contribution in [1.82, 2.24) is 0 Å². The van der Waals surface area contributed by atoms with Gasteiger partial charge in [-0.1, -0.05) is 17.7 Å². The summed E-state index contributed by atoms with van der Waals surface area (Å²) in [5.41, 5.74) is -3.84. The number of aromatic hydroxyl groups is 1. The van der Waals surface area contributed by atoms with Gasteiger partial charge in [-0.15, -0.1) is 0 Å². The Morgan fingerprint density at radius 2 is 1.77 bits per heavy atom. The fraction of sp³-hybridized carbons (Fsp3) is 0.553. The molecule has 48 heavy (non-hydrogen) atoms. The summed E-state index contributed by atoms with van der Waals surface area (Å²) in [7, 11) is 0. The van der Waals surface area contributed by atoms with Crippen LogP contribution in [0.25, 0.3) is 6.08 Å². The zero-order chi connectivity index (χ0) is 34.8. The third-order valence-electron chi connectivity index (χ3n) is 11.2. The van der Waals surface area contributed by atoms with E-state index in [4.69, 9.17) is 23.7 Å². The van der Waals surface area contributed by atoms with Crippen LogP contribution in [-0.4, -0.2) is 62.4 Å². The number of phenolic OH excluding ortho intramolecular Hbond substituents is 1. The molecule has 1 spiro atoms. The molecule has 7 atom stereocenters. The van der Waals surface area contributed by atoms with Crippen molar-refractivity contribution in [2.45, 2.75) is 121 Å². The summed E-state index contributed by atoms with van der Waals surface area (Å²) in [4.78, 5) is 40.3. The molecule has 2 saturated heterocycles. The van der Waals surface area contributed by atoms with Gasteiger partial charge < -0.3 is 33.9 Å². The molecular weight excluding hydrogens is 616 g/mol. The maximum atomic E-state index is 14.8. The number of Topliss-reactive ketones (excluding diaryl/α,β-unsaturated/α-hetero) is 2. The molecular formula is C38H44O10. The van der Waals surface area contributed by atoms with Crippen molar-refractivity contribution in [3.63, 3.8) is 0 Å². The van der Waals surface area contributed by atoms with Crippen LogP contribution in [0.4, 0.5) is 0 Å². The van der Waals surface area contributed by atoms with E-state index in [9.17, 15) is 24.6 Å². The summed E-state index contributed by atoms with van der Waals surface area (Å²) >= 11 is 0. The van der Waals surface area contributed by atoms with Crippen LogP contribution in [0.5, 0.6) is 17.2 Å². The van der Waals surface area contributed by atoms with Crippen molar-refractivity contribution in [3.8, 4) is 17.2 Å². The first-order valence-corrected chi connectivity index (χ1v) is 16.7. The van der Waals surface area contributed by atoms with E-state index in [-0.39, 0.29) is 57.5 Å². The average Bonchev–Trinajstić information content (AvgIpc) is 3.60. The molecule has 4 aliphatic heterocycles. The molecule has 1 saturated carbocycles. The smallest absolute Gasteiger partial charge is 0.298 e. The Morgan fingerprint density at radius 1 is 1.06 bits per heavy atom. The Hall–Kier alpha value is -3.73. The Bertz CT molecular complexity index is 1770. The highest BCUT2D eigenvalue weighted by molar-refractivity contribution is 6.19. The van der Waals surface area contributed by atoms with Crippen LogP contribution in [0.2, 0.25) is 0 Å². The summed E-state index contributed by atoms with van der Waals surface area (Å²) < 4.78 is 31.5. The molecule has 10 nitrogen and oxygen atoms in total. The predicted octanol–water partition coefficient (Wildman–Crippen LogP) is 5.99. The normalized spacial score (nSPS) is 35.0. The number of hydrogen-bond acceptors (Lipinski definition) is 10. The minimum Gasteiger partial charge on any atom is -0.506 e. The molecule has 3 aliphatic carbocycles. The molecule has 4 unspecified atom stereocenters. The SMILES string of the molecule is CC(C)=CCC[C@@]1(C)C=Cc2c(O)c3c(c(C(O)C4OC4(C)C)c2O1)O[C@]12C(=C[C@@H]4CC1C(C)(C)OC2(C/C=C(/C)OC=O)C4=O)C3=O. The number of hydrogen-bond donors (Lipinski definition) is 2. The van der Waals surface area contributed by atoms with Crippen LogP contribution in [0.1, 0.15) is 109 Å². The molecule has 0 amide bonds. The number of rotatable bonds is 9. The zero-order valence-electron chi connectivity index (χ0n) is 28.8. The van der Waals surface area contributed by atoms with Crippen LogP contribution in [-0.2, 0) is 23.8 Å². The van der Waals surface area contributed by atoms with Crippen LogP contribution >= 0.6 is 0 Å². The lowest BCUT2D eigenvalue weighted by Gasteiger charge is -2.56. The minimum atomic E-state index is -1.66. The van der Waals surface area contributed by atoms with Crippen LogP contribution in [0.3, 0.4) is 0 Å². The highest BCUT2D eigenvalue weighted by Gasteiger charge is 2.81. The number of epoxide rings is 1. The van der Waals surface area contributed by atoms with Crippen molar-refractivity contribution < 1.29 is 48.3 Å². The number of ether oxygens (including phenoxy) is 5. The Kier molecular flexibility index (Phi) is 7.10. The highest BCUT2D eigenvalue weighted by Crippen LogP contribution is 2.69. The van der Waals surface area contributed by atoms with Crippen molar-refractivity contribution >= 4 is 24.1 Å². The van der Waals surface area contributed by atoms with Gasteiger partial charge in [-0.2, -0.15) is 0 Å². The minimum absolute atomic E-state index is 0.0306. The number of carbonyl (C=O) groups excluding carboxylic acids is 3. The van der Waals surface area contributed by atoms with Crippen molar-refractivity contribution in [2.24, 2.45) is 11.8 Å². The number of ketones is 2. The fourth-order valence-corrected chi connectivity index (χ4v) is 8.82. The van der Waals surface area contributed by atoms with E-state index >= 15 is 0 Å². The monoisotopic (exact) mass is 660 g/mol. The molecule has 256 valence electrons. The lowest BCUT2D eigenvalue weighted by molar-refractivity contribution is -0.171. The van der Waals surface area contributed by atoms with E-state index in [1.807, 2.05) is 54.5 Å². The molecule has 4 bridgehead atoms. The van der Waals surface area contributed by atoms with E-state index in [0.29, 0.717) is 19.3 Å².